The minimum atomic E-state index is -0.332. The lowest BCUT2D eigenvalue weighted by Crippen LogP contribution is -2.25. The van der Waals surface area contributed by atoms with Crippen LogP contribution in [0.4, 0.5) is 10.1 Å². The highest BCUT2D eigenvalue weighted by molar-refractivity contribution is 5.86. The van der Waals surface area contributed by atoms with Gasteiger partial charge < -0.3 is 14.8 Å². The highest BCUT2D eigenvalue weighted by Crippen LogP contribution is 2.30. The lowest BCUT2D eigenvalue weighted by atomic mass is 10.1. The first-order chi connectivity index (χ1) is 17.1. The lowest BCUT2D eigenvalue weighted by Gasteiger charge is -2.13. The molecule has 4 aromatic carbocycles. The van der Waals surface area contributed by atoms with Crippen LogP contribution in [-0.4, -0.2) is 25.3 Å². The van der Waals surface area contributed by atoms with E-state index in [1.807, 2.05) is 43.3 Å². The minimum Gasteiger partial charge on any atom is -0.490 e. The highest BCUT2D eigenvalue weighted by Gasteiger charge is 2.08. The largest absolute Gasteiger partial charge is 0.490 e. The fourth-order valence-electron chi connectivity index (χ4n) is 3.53. The molecule has 4 rings (SSSR count). The normalized spacial score (nSPS) is 10.9. The van der Waals surface area contributed by atoms with Crippen LogP contribution in [0.1, 0.15) is 18.1 Å². The first-order valence-corrected chi connectivity index (χ1v) is 11.3. The monoisotopic (exact) mass is 471 g/mol. The van der Waals surface area contributed by atoms with Crippen LogP contribution in [0, 0.1) is 5.82 Å². The van der Waals surface area contributed by atoms with Gasteiger partial charge in [0.15, 0.2) is 11.5 Å². The van der Waals surface area contributed by atoms with Gasteiger partial charge >= 0.3 is 0 Å². The summed E-state index contributed by atoms with van der Waals surface area (Å²) in [5, 5.41) is 9.23. The molecule has 0 heterocycles. The van der Waals surface area contributed by atoms with Gasteiger partial charge in [0.25, 0.3) is 5.91 Å². The number of hydrogen-bond acceptors (Lipinski definition) is 5. The molecule has 0 spiro atoms. The maximum atomic E-state index is 12.9. The molecule has 0 atom stereocenters. The Labute approximate surface area is 203 Å². The van der Waals surface area contributed by atoms with E-state index in [0.717, 1.165) is 16.5 Å². The fraction of sp³-hybridized carbons (Fsp3) is 0.143. The van der Waals surface area contributed by atoms with Crippen molar-refractivity contribution in [2.24, 2.45) is 5.10 Å². The van der Waals surface area contributed by atoms with Crippen molar-refractivity contribution < 1.29 is 18.7 Å². The Morgan fingerprint density at radius 1 is 0.943 bits per heavy atom. The molecule has 2 N–H and O–H groups in total. The van der Waals surface area contributed by atoms with Gasteiger partial charge in [0.05, 0.1) is 19.4 Å². The Morgan fingerprint density at radius 3 is 2.57 bits per heavy atom. The fourth-order valence-corrected chi connectivity index (χ4v) is 3.53. The molecule has 0 aliphatic rings. The third kappa shape index (κ3) is 6.57. The number of anilines is 1. The van der Waals surface area contributed by atoms with Crippen molar-refractivity contribution in [3.8, 4) is 11.5 Å². The Hall–Kier alpha value is -4.39. The lowest BCUT2D eigenvalue weighted by molar-refractivity contribution is -0.119. The second kappa shape index (κ2) is 11.7. The number of nitrogens with one attached hydrogen (secondary N) is 2. The van der Waals surface area contributed by atoms with Gasteiger partial charge in [-0.3, -0.25) is 4.79 Å². The second-order valence-corrected chi connectivity index (χ2v) is 7.72. The van der Waals surface area contributed by atoms with Gasteiger partial charge in [-0.05, 0) is 71.3 Å². The summed E-state index contributed by atoms with van der Waals surface area (Å²) in [6.07, 6.45) is 1.53. The summed E-state index contributed by atoms with van der Waals surface area (Å²) in [7, 11) is 0. The molecule has 35 heavy (non-hydrogen) atoms. The van der Waals surface area contributed by atoms with Crippen LogP contribution in [0.25, 0.3) is 10.8 Å². The van der Waals surface area contributed by atoms with Crippen LogP contribution in [0.2, 0.25) is 0 Å². The zero-order valence-corrected chi connectivity index (χ0v) is 19.3. The Kier molecular flexibility index (Phi) is 7.91. The van der Waals surface area contributed by atoms with Crippen LogP contribution in [-0.2, 0) is 11.4 Å². The van der Waals surface area contributed by atoms with Crippen LogP contribution in [0.15, 0.2) is 90.0 Å². The number of rotatable bonds is 10. The topological polar surface area (TPSA) is 72.0 Å². The molecule has 178 valence electrons. The van der Waals surface area contributed by atoms with Gasteiger partial charge in [-0.15, -0.1) is 0 Å². The van der Waals surface area contributed by atoms with Gasteiger partial charge in [0.1, 0.15) is 12.4 Å². The van der Waals surface area contributed by atoms with Crippen molar-refractivity contribution in [2.45, 2.75) is 13.5 Å². The summed E-state index contributed by atoms with van der Waals surface area (Å²) in [4.78, 5) is 12.0. The van der Waals surface area contributed by atoms with E-state index in [-0.39, 0.29) is 18.3 Å². The Morgan fingerprint density at radius 2 is 1.74 bits per heavy atom. The number of nitrogens with zero attached hydrogens (tertiary/aromatic N) is 1. The third-order valence-corrected chi connectivity index (χ3v) is 5.23. The molecule has 0 fully saturated rings. The van der Waals surface area contributed by atoms with Crippen LogP contribution in [0.3, 0.4) is 0 Å². The van der Waals surface area contributed by atoms with E-state index < -0.39 is 0 Å². The number of benzene rings is 4. The number of halogens is 1. The molecule has 0 aromatic heterocycles. The van der Waals surface area contributed by atoms with E-state index in [1.54, 1.807) is 12.1 Å². The predicted octanol–water partition coefficient (Wildman–Crippen LogP) is 5.52. The minimum absolute atomic E-state index is 0.00805. The number of carbonyl (C=O) groups is 1. The molecule has 0 unspecified atom stereocenters. The number of carbonyl (C=O) groups excluding carboxylic acids is 1. The summed E-state index contributed by atoms with van der Waals surface area (Å²) in [5.41, 5.74) is 4.95. The second-order valence-electron chi connectivity index (χ2n) is 7.72. The average molecular weight is 472 g/mol. The molecule has 0 aliphatic heterocycles. The van der Waals surface area contributed by atoms with Crippen molar-refractivity contribution in [1.29, 1.82) is 0 Å². The zero-order chi connectivity index (χ0) is 24.5. The van der Waals surface area contributed by atoms with Crippen molar-refractivity contribution in [3.05, 3.63) is 102 Å². The molecular formula is C28H26FN3O3. The molecular weight excluding hydrogens is 445 g/mol. The van der Waals surface area contributed by atoms with Gasteiger partial charge in [-0.1, -0.05) is 42.5 Å². The SMILES string of the molecule is CCOc1cc(/C=N\NC(=O)CNc2ccc(F)cc2)ccc1OCc1cccc2ccccc12. The number of hydrogen-bond donors (Lipinski definition) is 2. The first-order valence-electron chi connectivity index (χ1n) is 11.3. The molecule has 0 aliphatic carbocycles. The highest BCUT2D eigenvalue weighted by atomic mass is 19.1. The molecule has 4 aromatic rings. The number of fused-ring (bicyclic) bond motifs is 1. The van der Waals surface area contributed by atoms with Gasteiger partial charge in [-0.2, -0.15) is 5.10 Å². The van der Waals surface area contributed by atoms with Crippen molar-refractivity contribution >= 4 is 28.6 Å². The van der Waals surface area contributed by atoms with E-state index >= 15 is 0 Å². The van der Waals surface area contributed by atoms with Crippen LogP contribution < -0.4 is 20.2 Å². The average Bonchev–Trinajstić information content (AvgIpc) is 2.88. The molecule has 0 saturated carbocycles. The van der Waals surface area contributed by atoms with E-state index in [2.05, 4.69) is 40.1 Å². The third-order valence-electron chi connectivity index (χ3n) is 5.23. The number of ether oxygens (including phenoxy) is 2. The maximum Gasteiger partial charge on any atom is 0.259 e. The van der Waals surface area contributed by atoms with Crippen molar-refractivity contribution in [3.63, 3.8) is 0 Å². The standard InChI is InChI=1S/C28H26FN3O3/c1-2-34-27-16-20(17-31-32-28(33)18-30-24-13-11-23(29)12-14-24)10-15-26(27)35-19-22-8-5-7-21-6-3-4-9-25(21)22/h3-17,30H,2,18-19H2,1H3,(H,32,33)/b31-17-. The molecule has 1 amide bonds. The van der Waals surface area contributed by atoms with Crippen LogP contribution in [0.5, 0.6) is 11.5 Å². The summed E-state index contributed by atoms with van der Waals surface area (Å²) in [5.74, 6) is 0.567. The van der Waals surface area contributed by atoms with Gasteiger partial charge in [-0.25, -0.2) is 9.82 Å². The zero-order valence-electron chi connectivity index (χ0n) is 19.3. The summed E-state index contributed by atoms with van der Waals surface area (Å²) in [6, 6.07) is 25.6. The molecule has 6 nitrogen and oxygen atoms in total. The van der Waals surface area contributed by atoms with Gasteiger partial charge in [0.2, 0.25) is 0 Å². The smallest absolute Gasteiger partial charge is 0.259 e. The molecule has 0 radical (unpaired) electrons. The van der Waals surface area contributed by atoms with E-state index in [0.29, 0.717) is 30.4 Å². The Bertz CT molecular complexity index is 1320. The number of hydrazone groups is 1. The molecule has 7 heteroatoms. The van der Waals surface area contributed by atoms with Crippen molar-refractivity contribution in [2.75, 3.05) is 18.5 Å². The summed E-state index contributed by atoms with van der Waals surface area (Å²) >= 11 is 0. The number of amides is 1. The summed E-state index contributed by atoms with van der Waals surface area (Å²) in [6.45, 7) is 2.81. The van der Waals surface area contributed by atoms with E-state index in [1.165, 1.54) is 23.7 Å². The van der Waals surface area contributed by atoms with Crippen molar-refractivity contribution in [1.82, 2.24) is 5.43 Å². The quantitative estimate of drug-likeness (QED) is 0.236. The maximum absolute atomic E-state index is 12.9. The van der Waals surface area contributed by atoms with E-state index in [4.69, 9.17) is 9.47 Å². The molecule has 0 bridgehead atoms. The first kappa shape index (κ1) is 23.8. The van der Waals surface area contributed by atoms with E-state index in [9.17, 15) is 9.18 Å². The predicted molar refractivity (Wildman–Crippen MR) is 137 cm³/mol. The van der Waals surface area contributed by atoms with Gasteiger partial charge in [0, 0.05) is 5.69 Å². The molecule has 0 saturated heterocycles. The Balaban J connectivity index is 1.36. The van der Waals surface area contributed by atoms with Crippen LogP contribution >= 0.6 is 0 Å². The summed E-state index contributed by atoms with van der Waals surface area (Å²) < 4.78 is 24.8.